The Morgan fingerprint density at radius 1 is 0.966 bits per heavy atom. The second-order valence-corrected chi connectivity index (χ2v) is 7.23. The number of halogens is 1. The third-order valence-corrected chi connectivity index (χ3v) is 4.83. The number of amides is 3. The molecule has 2 heterocycles. The molecule has 3 amide bonds. The van der Waals surface area contributed by atoms with Crippen molar-refractivity contribution in [1.29, 1.82) is 0 Å². The van der Waals surface area contributed by atoms with Gasteiger partial charge in [-0.2, -0.15) is 0 Å². The molecule has 2 aromatic carbocycles. The molecule has 8 nitrogen and oxygen atoms in total. The van der Waals surface area contributed by atoms with Gasteiger partial charge in [0.15, 0.2) is 16.6 Å². The number of nitrogens with one attached hydrogen (secondary N) is 3. The number of anilines is 3. The zero-order valence-corrected chi connectivity index (χ0v) is 16.5. The normalized spacial score (nSPS) is 12.2. The molecule has 0 saturated carbocycles. The molecule has 10 heteroatoms. The van der Waals surface area contributed by atoms with Gasteiger partial charge >= 0.3 is 6.03 Å². The number of aromatic nitrogens is 1. The van der Waals surface area contributed by atoms with Crippen LogP contribution in [0.15, 0.2) is 47.8 Å². The lowest BCUT2D eigenvalue weighted by atomic mass is 10.2. The van der Waals surface area contributed by atoms with Crippen molar-refractivity contribution in [2.75, 3.05) is 29.2 Å². The molecular formula is C19H15ClN4O4S. The molecule has 29 heavy (non-hydrogen) atoms. The predicted octanol–water partition coefficient (Wildman–Crippen LogP) is 4.46. The van der Waals surface area contributed by atoms with Crippen molar-refractivity contribution in [3.8, 4) is 11.5 Å². The molecule has 0 unspecified atom stereocenters. The number of hydrogen-bond donors (Lipinski definition) is 3. The second-order valence-electron chi connectivity index (χ2n) is 5.94. The van der Waals surface area contributed by atoms with E-state index in [2.05, 4.69) is 20.9 Å². The van der Waals surface area contributed by atoms with Crippen LogP contribution < -0.4 is 25.4 Å². The van der Waals surface area contributed by atoms with Crippen molar-refractivity contribution in [3.05, 3.63) is 58.6 Å². The van der Waals surface area contributed by atoms with Gasteiger partial charge < -0.3 is 20.1 Å². The summed E-state index contributed by atoms with van der Waals surface area (Å²) in [5.74, 6) is 0.814. The monoisotopic (exact) mass is 430 g/mol. The van der Waals surface area contributed by atoms with E-state index < -0.39 is 11.9 Å². The van der Waals surface area contributed by atoms with Crippen LogP contribution >= 0.6 is 22.9 Å². The van der Waals surface area contributed by atoms with E-state index in [0.29, 0.717) is 41.1 Å². The fourth-order valence-corrected chi connectivity index (χ4v) is 3.45. The van der Waals surface area contributed by atoms with E-state index in [1.165, 1.54) is 0 Å². The first kappa shape index (κ1) is 19.0. The van der Waals surface area contributed by atoms with Gasteiger partial charge in [-0.05, 0) is 30.3 Å². The lowest BCUT2D eigenvalue weighted by Crippen LogP contribution is -2.19. The smallest absolute Gasteiger partial charge is 0.325 e. The summed E-state index contributed by atoms with van der Waals surface area (Å²) in [5.41, 5.74) is 1.28. The van der Waals surface area contributed by atoms with Gasteiger partial charge in [0.25, 0.3) is 5.91 Å². The van der Waals surface area contributed by atoms with E-state index >= 15 is 0 Å². The van der Waals surface area contributed by atoms with Crippen molar-refractivity contribution in [2.24, 2.45) is 0 Å². The Morgan fingerprint density at radius 2 is 1.76 bits per heavy atom. The Hall–Kier alpha value is -3.30. The van der Waals surface area contributed by atoms with E-state index in [9.17, 15) is 9.59 Å². The minimum absolute atomic E-state index is 0.183. The van der Waals surface area contributed by atoms with E-state index in [1.807, 2.05) is 0 Å². The van der Waals surface area contributed by atoms with Gasteiger partial charge in [0, 0.05) is 27.8 Å². The zero-order chi connectivity index (χ0) is 20.2. The maximum Gasteiger partial charge on any atom is 0.325 e. The number of urea groups is 1. The zero-order valence-electron chi connectivity index (χ0n) is 14.9. The van der Waals surface area contributed by atoms with Crippen molar-refractivity contribution in [1.82, 2.24) is 4.98 Å². The summed E-state index contributed by atoms with van der Waals surface area (Å²) in [5, 5.41) is 10.3. The lowest BCUT2D eigenvalue weighted by molar-refractivity contribution is 0.102. The molecule has 3 N–H and O–H groups in total. The Labute approximate surface area is 174 Å². The highest BCUT2D eigenvalue weighted by Crippen LogP contribution is 2.32. The van der Waals surface area contributed by atoms with E-state index in [0.717, 1.165) is 11.3 Å². The van der Waals surface area contributed by atoms with Gasteiger partial charge in [0.05, 0.1) is 0 Å². The first-order valence-corrected chi connectivity index (χ1v) is 9.83. The fraction of sp³-hybridized carbons (Fsp3) is 0.105. The van der Waals surface area contributed by atoms with Crippen LogP contribution in [-0.2, 0) is 0 Å². The minimum Gasteiger partial charge on any atom is -0.486 e. The highest BCUT2D eigenvalue weighted by atomic mass is 35.5. The number of nitrogens with zero attached hydrogens (tertiary/aromatic N) is 1. The van der Waals surface area contributed by atoms with Gasteiger partial charge in [0.2, 0.25) is 0 Å². The summed E-state index contributed by atoms with van der Waals surface area (Å²) in [6.45, 7) is 0.959. The van der Waals surface area contributed by atoms with Crippen molar-refractivity contribution < 1.29 is 19.1 Å². The van der Waals surface area contributed by atoms with Crippen LogP contribution in [0, 0.1) is 0 Å². The molecule has 1 aliphatic rings. The van der Waals surface area contributed by atoms with Crippen LogP contribution in [0.4, 0.5) is 21.3 Å². The van der Waals surface area contributed by atoms with E-state index in [-0.39, 0.29) is 10.8 Å². The predicted molar refractivity (Wildman–Crippen MR) is 112 cm³/mol. The summed E-state index contributed by atoms with van der Waals surface area (Å²) < 4.78 is 11.0. The van der Waals surface area contributed by atoms with Crippen molar-refractivity contribution >= 4 is 51.4 Å². The highest BCUT2D eigenvalue weighted by molar-refractivity contribution is 7.14. The Kier molecular flexibility index (Phi) is 5.50. The van der Waals surface area contributed by atoms with Gasteiger partial charge in [-0.15, -0.1) is 11.3 Å². The molecule has 0 atom stereocenters. The Balaban J connectivity index is 1.37. The number of fused-ring (bicyclic) bond motifs is 1. The number of carbonyl (C=O) groups is 2. The van der Waals surface area contributed by atoms with Gasteiger partial charge in [-0.1, -0.05) is 17.7 Å². The fourth-order valence-electron chi connectivity index (χ4n) is 2.58. The summed E-state index contributed by atoms with van der Waals surface area (Å²) in [4.78, 5) is 28.6. The molecule has 0 aliphatic carbocycles. The summed E-state index contributed by atoms with van der Waals surface area (Å²) in [6, 6.07) is 11.4. The molecule has 4 rings (SSSR count). The van der Waals surface area contributed by atoms with Crippen LogP contribution in [0.25, 0.3) is 0 Å². The van der Waals surface area contributed by atoms with E-state index in [1.54, 1.807) is 47.8 Å². The lowest BCUT2D eigenvalue weighted by Gasteiger charge is -2.18. The third-order valence-electron chi connectivity index (χ3n) is 3.84. The van der Waals surface area contributed by atoms with Crippen LogP contribution in [0.2, 0.25) is 5.02 Å². The average Bonchev–Trinajstić information content (AvgIpc) is 3.16. The SMILES string of the molecule is O=C(Nc1cccc(Cl)c1)Nc1nc(C(=O)Nc2ccc3c(c2)OCCO3)cs1. The summed E-state index contributed by atoms with van der Waals surface area (Å²) in [7, 11) is 0. The number of benzene rings is 2. The molecule has 3 aromatic rings. The van der Waals surface area contributed by atoms with Gasteiger partial charge in [-0.3, -0.25) is 10.1 Å². The molecule has 0 fully saturated rings. The molecule has 0 bridgehead atoms. The molecule has 0 spiro atoms. The second kappa shape index (κ2) is 8.38. The molecule has 0 saturated heterocycles. The topological polar surface area (TPSA) is 102 Å². The van der Waals surface area contributed by atoms with Crippen LogP contribution in [0.5, 0.6) is 11.5 Å². The number of ether oxygens (including phenoxy) is 2. The van der Waals surface area contributed by atoms with Crippen LogP contribution in [-0.4, -0.2) is 30.1 Å². The van der Waals surface area contributed by atoms with Crippen molar-refractivity contribution in [3.63, 3.8) is 0 Å². The highest BCUT2D eigenvalue weighted by Gasteiger charge is 2.16. The summed E-state index contributed by atoms with van der Waals surface area (Å²) >= 11 is 7.03. The van der Waals surface area contributed by atoms with Crippen LogP contribution in [0.3, 0.4) is 0 Å². The number of hydrogen-bond acceptors (Lipinski definition) is 6. The quantitative estimate of drug-likeness (QED) is 0.567. The number of thiazole rings is 1. The first-order chi connectivity index (χ1) is 14.1. The number of carbonyl (C=O) groups excluding carboxylic acids is 2. The maximum atomic E-state index is 12.4. The molecule has 1 aliphatic heterocycles. The Bertz CT molecular complexity index is 1070. The molecule has 1 aromatic heterocycles. The van der Waals surface area contributed by atoms with Crippen LogP contribution in [0.1, 0.15) is 10.5 Å². The van der Waals surface area contributed by atoms with Crippen molar-refractivity contribution in [2.45, 2.75) is 0 Å². The van der Waals surface area contributed by atoms with Gasteiger partial charge in [-0.25, -0.2) is 9.78 Å². The summed E-state index contributed by atoms with van der Waals surface area (Å²) in [6.07, 6.45) is 0. The molecular weight excluding hydrogens is 416 g/mol. The Morgan fingerprint density at radius 3 is 2.59 bits per heavy atom. The van der Waals surface area contributed by atoms with Gasteiger partial charge in [0.1, 0.15) is 18.9 Å². The third kappa shape index (κ3) is 4.76. The first-order valence-electron chi connectivity index (χ1n) is 8.57. The minimum atomic E-state index is -0.486. The molecule has 148 valence electrons. The van der Waals surface area contributed by atoms with E-state index in [4.69, 9.17) is 21.1 Å². The largest absolute Gasteiger partial charge is 0.486 e. The maximum absolute atomic E-state index is 12.4. The average molecular weight is 431 g/mol. The standard InChI is InChI=1S/C19H15ClN4O4S/c20-11-2-1-3-12(8-11)22-18(26)24-19-23-14(10-29-19)17(25)21-13-4-5-15-16(9-13)28-7-6-27-15/h1-5,8-10H,6-7H2,(H,21,25)(H2,22,23,24,26). The number of rotatable bonds is 4. The molecule has 0 radical (unpaired) electrons.